The smallest absolute Gasteiger partial charge is 0.174 e. The fourth-order valence-corrected chi connectivity index (χ4v) is 1.76. The predicted octanol–water partition coefficient (Wildman–Crippen LogP) is 3.32. The summed E-state index contributed by atoms with van der Waals surface area (Å²) in [4.78, 5) is 11.8. The molecule has 0 saturated heterocycles. The number of hydrogen-bond donors (Lipinski definition) is 0. The topological polar surface area (TPSA) is 26.3 Å². The van der Waals surface area contributed by atoms with Gasteiger partial charge in [-0.1, -0.05) is 30.3 Å². The number of aryl methyl sites for hydroxylation is 1. The number of carbonyl (C=O) groups excluding carboxylic acids is 1. The van der Waals surface area contributed by atoms with Crippen molar-refractivity contribution in [2.45, 2.75) is 13.3 Å². The van der Waals surface area contributed by atoms with E-state index >= 15 is 0 Å². The molecule has 0 radical (unpaired) electrons. The Morgan fingerprint density at radius 1 is 1.11 bits per heavy atom. The maximum atomic E-state index is 12.7. The number of benzene rings is 2. The highest BCUT2D eigenvalue weighted by molar-refractivity contribution is 5.82. The van der Waals surface area contributed by atoms with E-state index in [2.05, 4.69) is 0 Å². The van der Waals surface area contributed by atoms with Crippen LogP contribution in [-0.4, -0.2) is 12.4 Å². The molecule has 2 rings (SSSR count). The van der Waals surface area contributed by atoms with Crippen molar-refractivity contribution < 1.29 is 13.9 Å². The Bertz CT molecular complexity index is 561. The van der Waals surface area contributed by atoms with Crippen molar-refractivity contribution in [2.75, 3.05) is 6.61 Å². The molecule has 0 unspecified atom stereocenters. The Balaban J connectivity index is 1.88. The zero-order valence-electron chi connectivity index (χ0n) is 10.7. The highest BCUT2D eigenvalue weighted by atomic mass is 19.1. The van der Waals surface area contributed by atoms with Gasteiger partial charge in [0, 0.05) is 6.42 Å². The number of halogens is 1. The number of ketones is 1. The first-order valence-electron chi connectivity index (χ1n) is 6.10. The SMILES string of the molecule is Cc1ccccc1OCC(=O)Cc1ccc(F)cc1. The van der Waals surface area contributed by atoms with Crippen LogP contribution in [0.3, 0.4) is 0 Å². The summed E-state index contributed by atoms with van der Waals surface area (Å²) in [6.45, 7) is 1.96. The number of carbonyl (C=O) groups is 1. The minimum absolute atomic E-state index is 0.0300. The molecule has 0 aromatic heterocycles. The number of hydrogen-bond acceptors (Lipinski definition) is 2. The van der Waals surface area contributed by atoms with E-state index in [1.54, 1.807) is 12.1 Å². The Labute approximate surface area is 111 Å². The molecule has 0 heterocycles. The van der Waals surface area contributed by atoms with Gasteiger partial charge in [-0.05, 0) is 36.2 Å². The van der Waals surface area contributed by atoms with Crippen LogP contribution in [-0.2, 0) is 11.2 Å². The molecular formula is C16H15FO2. The summed E-state index contributed by atoms with van der Waals surface area (Å²) in [5, 5.41) is 0. The summed E-state index contributed by atoms with van der Waals surface area (Å²) in [5.74, 6) is 0.386. The third-order valence-corrected chi connectivity index (χ3v) is 2.80. The van der Waals surface area contributed by atoms with Crippen LogP contribution in [0.25, 0.3) is 0 Å². The van der Waals surface area contributed by atoms with Gasteiger partial charge in [0.1, 0.15) is 18.2 Å². The standard InChI is InChI=1S/C16H15FO2/c1-12-4-2-3-5-16(12)19-11-15(18)10-13-6-8-14(17)9-7-13/h2-9H,10-11H2,1H3. The first-order chi connectivity index (χ1) is 9.15. The second-order valence-corrected chi connectivity index (χ2v) is 4.40. The first-order valence-corrected chi connectivity index (χ1v) is 6.10. The van der Waals surface area contributed by atoms with Crippen LogP contribution in [0.15, 0.2) is 48.5 Å². The van der Waals surface area contributed by atoms with Crippen molar-refractivity contribution in [1.82, 2.24) is 0 Å². The summed E-state index contributed by atoms with van der Waals surface area (Å²) in [7, 11) is 0. The van der Waals surface area contributed by atoms with E-state index in [1.165, 1.54) is 12.1 Å². The molecule has 0 aliphatic rings. The lowest BCUT2D eigenvalue weighted by atomic mass is 10.1. The Kier molecular flexibility index (Phi) is 4.29. The maximum Gasteiger partial charge on any atom is 0.174 e. The number of rotatable bonds is 5. The molecule has 0 aliphatic carbocycles. The van der Waals surface area contributed by atoms with Crippen molar-refractivity contribution in [3.8, 4) is 5.75 Å². The molecule has 0 N–H and O–H groups in total. The van der Waals surface area contributed by atoms with Crippen LogP contribution in [0.1, 0.15) is 11.1 Å². The number of para-hydroxylation sites is 1. The predicted molar refractivity (Wildman–Crippen MR) is 71.8 cm³/mol. The molecule has 2 aromatic carbocycles. The summed E-state index contributed by atoms with van der Waals surface area (Å²) >= 11 is 0. The first kappa shape index (κ1) is 13.3. The Morgan fingerprint density at radius 3 is 2.47 bits per heavy atom. The lowest BCUT2D eigenvalue weighted by molar-refractivity contribution is -0.120. The molecule has 2 nitrogen and oxygen atoms in total. The van der Waals surface area contributed by atoms with Crippen molar-refractivity contribution in [2.24, 2.45) is 0 Å². The Morgan fingerprint density at radius 2 is 1.79 bits per heavy atom. The average molecular weight is 258 g/mol. The third-order valence-electron chi connectivity index (χ3n) is 2.80. The fourth-order valence-electron chi connectivity index (χ4n) is 1.76. The van der Waals surface area contributed by atoms with Gasteiger partial charge in [0.15, 0.2) is 5.78 Å². The summed E-state index contributed by atoms with van der Waals surface area (Å²) in [5.41, 5.74) is 1.79. The van der Waals surface area contributed by atoms with Gasteiger partial charge < -0.3 is 4.74 Å². The van der Waals surface area contributed by atoms with Gasteiger partial charge in [-0.25, -0.2) is 4.39 Å². The molecule has 0 spiro atoms. The maximum absolute atomic E-state index is 12.7. The van der Waals surface area contributed by atoms with Gasteiger partial charge in [0.05, 0.1) is 0 Å². The van der Waals surface area contributed by atoms with Crippen molar-refractivity contribution in [1.29, 1.82) is 0 Å². The molecule has 0 aliphatic heterocycles. The van der Waals surface area contributed by atoms with E-state index in [9.17, 15) is 9.18 Å². The van der Waals surface area contributed by atoms with Crippen LogP contribution >= 0.6 is 0 Å². The minimum Gasteiger partial charge on any atom is -0.486 e. The van der Waals surface area contributed by atoms with Gasteiger partial charge >= 0.3 is 0 Å². The van der Waals surface area contributed by atoms with Crippen molar-refractivity contribution >= 4 is 5.78 Å². The fraction of sp³-hybridized carbons (Fsp3) is 0.188. The zero-order chi connectivity index (χ0) is 13.7. The summed E-state index contributed by atoms with van der Waals surface area (Å²) < 4.78 is 18.2. The molecule has 3 heteroatoms. The molecule has 19 heavy (non-hydrogen) atoms. The Hall–Kier alpha value is -2.16. The van der Waals surface area contributed by atoms with E-state index in [1.807, 2.05) is 31.2 Å². The molecular weight excluding hydrogens is 243 g/mol. The minimum atomic E-state index is -0.299. The van der Waals surface area contributed by atoms with Crippen molar-refractivity contribution in [3.63, 3.8) is 0 Å². The number of ether oxygens (including phenoxy) is 1. The largest absolute Gasteiger partial charge is 0.486 e. The van der Waals surface area contributed by atoms with Crippen LogP contribution in [0.4, 0.5) is 4.39 Å². The van der Waals surface area contributed by atoms with Gasteiger partial charge in [-0.3, -0.25) is 4.79 Å². The third kappa shape index (κ3) is 3.91. The second-order valence-electron chi connectivity index (χ2n) is 4.40. The van der Waals surface area contributed by atoms with Gasteiger partial charge in [0.25, 0.3) is 0 Å². The lowest BCUT2D eigenvalue weighted by Gasteiger charge is -2.08. The molecule has 0 saturated carbocycles. The van der Waals surface area contributed by atoms with E-state index in [4.69, 9.17) is 4.74 Å². The number of Topliss-reactive ketones (excluding diaryl/α,β-unsaturated/α-hetero) is 1. The molecule has 0 fully saturated rings. The van der Waals surface area contributed by atoms with E-state index < -0.39 is 0 Å². The molecule has 2 aromatic rings. The molecule has 0 bridgehead atoms. The van der Waals surface area contributed by atoms with Crippen molar-refractivity contribution in [3.05, 3.63) is 65.5 Å². The quantitative estimate of drug-likeness (QED) is 0.822. The molecule has 0 amide bonds. The van der Waals surface area contributed by atoms with Crippen LogP contribution in [0.2, 0.25) is 0 Å². The van der Waals surface area contributed by atoms with Gasteiger partial charge in [-0.2, -0.15) is 0 Å². The highest BCUT2D eigenvalue weighted by Gasteiger charge is 2.06. The summed E-state index contributed by atoms with van der Waals surface area (Å²) in [6.07, 6.45) is 0.256. The van der Waals surface area contributed by atoms with Crippen LogP contribution in [0.5, 0.6) is 5.75 Å². The summed E-state index contributed by atoms with van der Waals surface area (Å²) in [6, 6.07) is 13.5. The second kappa shape index (κ2) is 6.14. The molecule has 0 atom stereocenters. The van der Waals surface area contributed by atoms with Crippen LogP contribution in [0, 0.1) is 12.7 Å². The van der Waals surface area contributed by atoms with Gasteiger partial charge in [0.2, 0.25) is 0 Å². The van der Waals surface area contributed by atoms with E-state index in [0.717, 1.165) is 16.9 Å². The molecule has 98 valence electrons. The highest BCUT2D eigenvalue weighted by Crippen LogP contribution is 2.16. The lowest BCUT2D eigenvalue weighted by Crippen LogP contribution is -2.14. The van der Waals surface area contributed by atoms with Gasteiger partial charge in [-0.15, -0.1) is 0 Å². The monoisotopic (exact) mass is 258 g/mol. The van der Waals surface area contributed by atoms with E-state index in [0.29, 0.717) is 0 Å². The zero-order valence-corrected chi connectivity index (χ0v) is 10.7. The van der Waals surface area contributed by atoms with E-state index in [-0.39, 0.29) is 24.6 Å². The average Bonchev–Trinajstić information content (AvgIpc) is 2.40. The van der Waals surface area contributed by atoms with Crippen LogP contribution < -0.4 is 4.74 Å². The normalized spacial score (nSPS) is 10.2.